The molecule has 0 saturated carbocycles. The number of ether oxygens (including phenoxy) is 1. The molecule has 2 N–H and O–H groups in total. The van der Waals surface area contributed by atoms with Crippen molar-refractivity contribution in [2.24, 2.45) is 7.05 Å². The van der Waals surface area contributed by atoms with Crippen LogP contribution in [0.5, 0.6) is 5.75 Å². The molecule has 3 aromatic rings. The highest BCUT2D eigenvalue weighted by atomic mass is 16.5. The maximum absolute atomic E-state index is 6.04. The summed E-state index contributed by atoms with van der Waals surface area (Å²) in [6.45, 7) is 2.59. The van der Waals surface area contributed by atoms with Gasteiger partial charge in [0.2, 0.25) is 0 Å². The molecule has 0 aliphatic carbocycles. The van der Waals surface area contributed by atoms with Gasteiger partial charge in [0.15, 0.2) is 0 Å². The summed E-state index contributed by atoms with van der Waals surface area (Å²) in [5, 5.41) is 1.15. The lowest BCUT2D eigenvalue weighted by Crippen LogP contribution is -2.03. The van der Waals surface area contributed by atoms with E-state index in [1.54, 1.807) is 0 Å². The van der Waals surface area contributed by atoms with Crippen LogP contribution < -0.4 is 10.5 Å². The van der Waals surface area contributed by atoms with E-state index in [2.05, 4.69) is 29.7 Å². The van der Waals surface area contributed by atoms with Crippen molar-refractivity contribution in [3.8, 4) is 5.75 Å². The Kier molecular flexibility index (Phi) is 3.11. The Balaban J connectivity index is 1.90. The fraction of sp³-hybridized carbons (Fsp3) is 0.176. The van der Waals surface area contributed by atoms with Gasteiger partial charge in [-0.1, -0.05) is 30.3 Å². The molecule has 0 spiro atoms. The molecule has 3 heteroatoms. The number of hydrogen-bond acceptors (Lipinski definition) is 2. The fourth-order valence-corrected chi connectivity index (χ4v) is 2.51. The van der Waals surface area contributed by atoms with Gasteiger partial charge in [-0.2, -0.15) is 0 Å². The van der Waals surface area contributed by atoms with Gasteiger partial charge in [-0.15, -0.1) is 0 Å². The van der Waals surface area contributed by atoms with Crippen LogP contribution >= 0.6 is 0 Å². The standard InChI is InChI=1S/C17H18N2O/c1-12-6-3-4-9-16(12)20-11-14-10-13-7-5-8-15(18)17(13)19(14)2/h3-10H,11,18H2,1-2H3. The van der Waals surface area contributed by atoms with Crippen molar-refractivity contribution >= 4 is 16.6 Å². The summed E-state index contributed by atoms with van der Waals surface area (Å²) >= 11 is 0. The maximum atomic E-state index is 6.04. The fourth-order valence-electron chi connectivity index (χ4n) is 2.51. The summed E-state index contributed by atoms with van der Waals surface area (Å²) in [6, 6.07) is 16.1. The lowest BCUT2D eigenvalue weighted by atomic mass is 10.2. The van der Waals surface area contributed by atoms with Crippen molar-refractivity contribution in [3.63, 3.8) is 0 Å². The lowest BCUT2D eigenvalue weighted by Gasteiger charge is -2.10. The van der Waals surface area contributed by atoms with Crippen molar-refractivity contribution in [1.82, 2.24) is 4.57 Å². The molecule has 0 amide bonds. The monoisotopic (exact) mass is 266 g/mol. The molecule has 3 nitrogen and oxygen atoms in total. The maximum Gasteiger partial charge on any atom is 0.128 e. The van der Waals surface area contributed by atoms with Crippen LogP contribution in [-0.2, 0) is 13.7 Å². The number of nitrogens with two attached hydrogens (primary N) is 1. The van der Waals surface area contributed by atoms with E-state index in [1.165, 1.54) is 0 Å². The number of aromatic nitrogens is 1. The minimum atomic E-state index is 0.537. The molecule has 0 fully saturated rings. The first-order valence-corrected chi connectivity index (χ1v) is 6.68. The number of benzene rings is 2. The van der Waals surface area contributed by atoms with Gasteiger partial charge in [0.25, 0.3) is 0 Å². The van der Waals surface area contributed by atoms with Gasteiger partial charge in [0, 0.05) is 12.4 Å². The van der Waals surface area contributed by atoms with Gasteiger partial charge in [-0.05, 0) is 30.7 Å². The van der Waals surface area contributed by atoms with E-state index in [0.29, 0.717) is 6.61 Å². The molecule has 0 unspecified atom stereocenters. The number of fused-ring (bicyclic) bond motifs is 1. The summed E-state index contributed by atoms with van der Waals surface area (Å²) in [5.74, 6) is 0.922. The molecule has 0 bridgehead atoms. The van der Waals surface area contributed by atoms with Crippen molar-refractivity contribution in [2.45, 2.75) is 13.5 Å². The van der Waals surface area contributed by atoms with Crippen LogP contribution in [-0.4, -0.2) is 4.57 Å². The molecular formula is C17H18N2O. The highest BCUT2D eigenvalue weighted by molar-refractivity contribution is 5.91. The highest BCUT2D eigenvalue weighted by Gasteiger charge is 2.09. The normalized spacial score (nSPS) is 10.9. The summed E-state index contributed by atoms with van der Waals surface area (Å²) in [4.78, 5) is 0. The second-order valence-corrected chi connectivity index (χ2v) is 5.03. The largest absolute Gasteiger partial charge is 0.487 e. The zero-order valence-electron chi connectivity index (χ0n) is 11.8. The Morgan fingerprint density at radius 1 is 1.10 bits per heavy atom. The van der Waals surface area contributed by atoms with Gasteiger partial charge >= 0.3 is 0 Å². The Labute approximate surface area is 118 Å². The van der Waals surface area contributed by atoms with E-state index in [0.717, 1.165) is 33.6 Å². The van der Waals surface area contributed by atoms with Gasteiger partial charge < -0.3 is 15.0 Å². The van der Waals surface area contributed by atoms with Crippen molar-refractivity contribution in [1.29, 1.82) is 0 Å². The molecule has 0 aliphatic rings. The summed E-state index contributed by atoms with van der Waals surface area (Å²) in [5.41, 5.74) is 10.2. The zero-order chi connectivity index (χ0) is 14.1. The number of aryl methyl sites for hydroxylation is 2. The second kappa shape index (κ2) is 4.93. The third-order valence-corrected chi connectivity index (χ3v) is 3.66. The Hall–Kier alpha value is -2.42. The van der Waals surface area contributed by atoms with Crippen molar-refractivity contribution < 1.29 is 4.74 Å². The number of rotatable bonds is 3. The number of anilines is 1. The molecular weight excluding hydrogens is 248 g/mol. The zero-order valence-corrected chi connectivity index (χ0v) is 11.8. The van der Waals surface area contributed by atoms with Crippen LogP contribution in [0.1, 0.15) is 11.3 Å². The Morgan fingerprint density at radius 2 is 1.90 bits per heavy atom. The molecule has 102 valence electrons. The van der Waals surface area contributed by atoms with Crippen molar-refractivity contribution in [2.75, 3.05) is 5.73 Å². The van der Waals surface area contributed by atoms with E-state index in [9.17, 15) is 0 Å². The SMILES string of the molecule is Cc1ccccc1OCc1cc2cccc(N)c2n1C. The van der Waals surface area contributed by atoms with E-state index >= 15 is 0 Å². The second-order valence-electron chi connectivity index (χ2n) is 5.03. The first-order valence-electron chi connectivity index (χ1n) is 6.68. The van der Waals surface area contributed by atoms with Crippen LogP contribution in [0.25, 0.3) is 10.9 Å². The quantitative estimate of drug-likeness (QED) is 0.735. The number of nitrogens with zero attached hydrogens (tertiary/aromatic N) is 1. The molecule has 0 saturated heterocycles. The summed E-state index contributed by atoms with van der Waals surface area (Å²) in [7, 11) is 2.02. The molecule has 0 aliphatic heterocycles. The van der Waals surface area contributed by atoms with Crippen LogP contribution in [0.3, 0.4) is 0 Å². The predicted molar refractivity (Wildman–Crippen MR) is 82.8 cm³/mol. The lowest BCUT2D eigenvalue weighted by molar-refractivity contribution is 0.296. The number of hydrogen-bond donors (Lipinski definition) is 1. The van der Waals surface area contributed by atoms with Gasteiger partial charge in [-0.25, -0.2) is 0 Å². The molecule has 3 rings (SSSR count). The minimum Gasteiger partial charge on any atom is -0.487 e. The highest BCUT2D eigenvalue weighted by Crippen LogP contribution is 2.25. The van der Waals surface area contributed by atoms with E-state index in [4.69, 9.17) is 10.5 Å². The van der Waals surface area contributed by atoms with Crippen LogP contribution in [0.15, 0.2) is 48.5 Å². The smallest absolute Gasteiger partial charge is 0.128 e. The first kappa shape index (κ1) is 12.6. The predicted octanol–water partition coefficient (Wildman–Crippen LogP) is 3.65. The third kappa shape index (κ3) is 2.11. The average Bonchev–Trinajstić information content (AvgIpc) is 2.76. The van der Waals surface area contributed by atoms with Crippen LogP contribution in [0.4, 0.5) is 5.69 Å². The van der Waals surface area contributed by atoms with Gasteiger partial charge in [0.1, 0.15) is 12.4 Å². The topological polar surface area (TPSA) is 40.2 Å². The van der Waals surface area contributed by atoms with Gasteiger partial charge in [-0.3, -0.25) is 0 Å². The average molecular weight is 266 g/mol. The number of nitrogen functional groups attached to an aromatic ring is 1. The molecule has 1 aromatic heterocycles. The Bertz CT molecular complexity index is 759. The van der Waals surface area contributed by atoms with Crippen LogP contribution in [0.2, 0.25) is 0 Å². The summed E-state index contributed by atoms with van der Waals surface area (Å²) < 4.78 is 8.01. The van der Waals surface area contributed by atoms with E-state index in [1.807, 2.05) is 37.4 Å². The van der Waals surface area contributed by atoms with Crippen LogP contribution in [0, 0.1) is 6.92 Å². The van der Waals surface area contributed by atoms with Gasteiger partial charge in [0.05, 0.1) is 16.9 Å². The first-order chi connectivity index (χ1) is 9.66. The summed E-state index contributed by atoms with van der Waals surface area (Å²) in [6.07, 6.45) is 0. The third-order valence-electron chi connectivity index (χ3n) is 3.66. The Morgan fingerprint density at radius 3 is 2.65 bits per heavy atom. The van der Waals surface area contributed by atoms with E-state index < -0.39 is 0 Å². The minimum absolute atomic E-state index is 0.537. The molecule has 2 aromatic carbocycles. The molecule has 0 radical (unpaired) electrons. The molecule has 0 atom stereocenters. The number of para-hydroxylation sites is 2. The molecule has 1 heterocycles. The molecule has 20 heavy (non-hydrogen) atoms. The van der Waals surface area contributed by atoms with E-state index in [-0.39, 0.29) is 0 Å². The van der Waals surface area contributed by atoms with Crippen molar-refractivity contribution in [3.05, 3.63) is 59.8 Å².